The summed E-state index contributed by atoms with van der Waals surface area (Å²) in [6, 6.07) is 5.99. The van der Waals surface area contributed by atoms with Crippen LogP contribution in [-0.4, -0.2) is 53.6 Å². The van der Waals surface area contributed by atoms with Crippen LogP contribution in [0.25, 0.3) is 22.6 Å². The highest BCUT2D eigenvalue weighted by atomic mass is 15.2. The molecule has 10 nitrogen and oxygen atoms in total. The van der Waals surface area contributed by atoms with Crippen molar-refractivity contribution in [3.63, 3.8) is 0 Å². The number of rotatable bonds is 5. The summed E-state index contributed by atoms with van der Waals surface area (Å²) in [5, 5.41) is 12.5. The zero-order valence-electron chi connectivity index (χ0n) is 17.9. The number of aryl methyl sites for hydroxylation is 2. The smallest absolute Gasteiger partial charge is 0.165 e. The summed E-state index contributed by atoms with van der Waals surface area (Å²) in [5.74, 6) is 3.09. The lowest BCUT2D eigenvalue weighted by Gasteiger charge is -2.18. The third kappa shape index (κ3) is 3.58. The molecule has 32 heavy (non-hydrogen) atoms. The molecule has 0 bridgehead atoms. The van der Waals surface area contributed by atoms with Crippen molar-refractivity contribution in [3.05, 3.63) is 48.4 Å². The lowest BCUT2D eigenvalue weighted by Crippen LogP contribution is -2.27. The van der Waals surface area contributed by atoms with Crippen molar-refractivity contribution in [1.29, 1.82) is 5.26 Å². The molecule has 0 spiro atoms. The Kier molecular flexibility index (Phi) is 5.07. The van der Waals surface area contributed by atoms with Crippen LogP contribution in [0.5, 0.6) is 0 Å². The molecule has 1 aliphatic heterocycles. The van der Waals surface area contributed by atoms with E-state index in [4.69, 9.17) is 10.2 Å². The van der Waals surface area contributed by atoms with Crippen LogP contribution in [0.2, 0.25) is 0 Å². The van der Waals surface area contributed by atoms with Crippen molar-refractivity contribution in [2.24, 2.45) is 0 Å². The van der Waals surface area contributed by atoms with E-state index in [1.54, 1.807) is 31.0 Å². The standard InChI is InChI=1S/C22H22N10/c1-3-32-21(16-10-24-14(2)25-11-16)30-19-20(27-13-28-22(19)32)29-17-6-7-31(12-17)18-5-4-15(8-23)9-26-18/h4-5,9-11,13,17H,3,6-7,12H2,1-2H3,(H,27,28,29). The lowest BCUT2D eigenvalue weighted by atomic mass is 10.2. The van der Waals surface area contributed by atoms with E-state index in [1.807, 2.05) is 13.0 Å². The van der Waals surface area contributed by atoms with Gasteiger partial charge in [0.25, 0.3) is 0 Å². The van der Waals surface area contributed by atoms with Crippen molar-refractivity contribution < 1.29 is 0 Å². The number of hydrogen-bond donors (Lipinski definition) is 1. The molecule has 10 heteroatoms. The second kappa shape index (κ2) is 8.19. The molecular formula is C22H22N10. The summed E-state index contributed by atoms with van der Waals surface area (Å²) >= 11 is 0. The number of pyridine rings is 1. The Bertz CT molecular complexity index is 1290. The van der Waals surface area contributed by atoms with E-state index in [0.29, 0.717) is 5.56 Å². The molecule has 5 rings (SSSR count). The summed E-state index contributed by atoms with van der Waals surface area (Å²) in [4.78, 5) is 29.1. The average molecular weight is 426 g/mol. The van der Waals surface area contributed by atoms with Gasteiger partial charge in [-0.3, -0.25) is 0 Å². The fraction of sp³-hybridized carbons (Fsp3) is 0.318. The van der Waals surface area contributed by atoms with Crippen LogP contribution in [0, 0.1) is 18.3 Å². The first kappa shape index (κ1) is 19.8. The summed E-state index contributed by atoms with van der Waals surface area (Å²) in [7, 11) is 0. The average Bonchev–Trinajstić information content (AvgIpc) is 3.45. The van der Waals surface area contributed by atoms with Crippen molar-refractivity contribution in [3.8, 4) is 17.5 Å². The number of anilines is 2. The minimum absolute atomic E-state index is 0.198. The van der Waals surface area contributed by atoms with Crippen LogP contribution in [0.3, 0.4) is 0 Å². The van der Waals surface area contributed by atoms with Crippen LogP contribution >= 0.6 is 0 Å². The highest BCUT2D eigenvalue weighted by Crippen LogP contribution is 2.28. The summed E-state index contributed by atoms with van der Waals surface area (Å²) in [5.41, 5.74) is 2.93. The predicted molar refractivity (Wildman–Crippen MR) is 120 cm³/mol. The summed E-state index contributed by atoms with van der Waals surface area (Å²) in [6.45, 7) is 6.31. The first-order chi connectivity index (χ1) is 15.7. The lowest BCUT2D eigenvalue weighted by molar-refractivity contribution is 0.783. The molecule has 0 aliphatic carbocycles. The molecule has 0 radical (unpaired) electrons. The van der Waals surface area contributed by atoms with Crippen molar-refractivity contribution in [2.45, 2.75) is 32.9 Å². The fourth-order valence-corrected chi connectivity index (χ4v) is 3.99. The molecule has 1 unspecified atom stereocenters. The summed E-state index contributed by atoms with van der Waals surface area (Å²) in [6.07, 6.45) is 7.70. The fourth-order valence-electron chi connectivity index (χ4n) is 3.99. The van der Waals surface area contributed by atoms with Crippen LogP contribution in [0.15, 0.2) is 37.1 Å². The largest absolute Gasteiger partial charge is 0.364 e. The Morgan fingerprint density at radius 1 is 1.12 bits per heavy atom. The van der Waals surface area contributed by atoms with Crippen molar-refractivity contribution in [1.82, 2.24) is 34.5 Å². The number of nitriles is 1. The van der Waals surface area contributed by atoms with Crippen LogP contribution < -0.4 is 10.2 Å². The van der Waals surface area contributed by atoms with Gasteiger partial charge in [0.15, 0.2) is 17.0 Å². The van der Waals surface area contributed by atoms with Crippen molar-refractivity contribution in [2.75, 3.05) is 23.3 Å². The number of nitrogens with zero attached hydrogens (tertiary/aromatic N) is 9. The monoisotopic (exact) mass is 426 g/mol. The first-order valence-corrected chi connectivity index (χ1v) is 10.5. The van der Waals surface area contributed by atoms with E-state index >= 15 is 0 Å². The molecule has 160 valence electrons. The number of hydrogen-bond acceptors (Lipinski definition) is 9. The van der Waals surface area contributed by atoms with E-state index in [9.17, 15) is 0 Å². The highest BCUT2D eigenvalue weighted by molar-refractivity contribution is 5.86. The maximum absolute atomic E-state index is 8.97. The Balaban J connectivity index is 1.41. The Hall–Kier alpha value is -4.13. The predicted octanol–water partition coefficient (Wildman–Crippen LogP) is 2.57. The minimum atomic E-state index is 0.198. The van der Waals surface area contributed by atoms with Gasteiger partial charge in [0.05, 0.1) is 11.1 Å². The van der Waals surface area contributed by atoms with E-state index < -0.39 is 0 Å². The molecule has 1 saturated heterocycles. The normalized spacial score (nSPS) is 15.8. The summed E-state index contributed by atoms with van der Waals surface area (Å²) < 4.78 is 2.05. The maximum atomic E-state index is 8.97. The zero-order chi connectivity index (χ0) is 22.1. The van der Waals surface area contributed by atoms with E-state index in [0.717, 1.165) is 66.1 Å². The number of aromatic nitrogens is 7. The van der Waals surface area contributed by atoms with Gasteiger partial charge in [-0.05, 0) is 32.4 Å². The Labute approximate surface area is 185 Å². The van der Waals surface area contributed by atoms with Gasteiger partial charge in [0, 0.05) is 44.3 Å². The SMILES string of the molecule is CCn1c(-c2cnc(C)nc2)nc2c(NC3CCN(c4ccc(C#N)cn4)C3)ncnc21. The molecule has 0 saturated carbocycles. The number of nitrogens with one attached hydrogen (secondary N) is 1. The minimum Gasteiger partial charge on any atom is -0.364 e. The quantitative estimate of drug-likeness (QED) is 0.513. The zero-order valence-corrected chi connectivity index (χ0v) is 17.9. The molecular weight excluding hydrogens is 404 g/mol. The molecule has 5 heterocycles. The second-order valence-corrected chi connectivity index (χ2v) is 7.69. The highest BCUT2D eigenvalue weighted by Gasteiger charge is 2.25. The molecule has 1 fully saturated rings. The van der Waals surface area contributed by atoms with Gasteiger partial charge in [-0.25, -0.2) is 29.9 Å². The van der Waals surface area contributed by atoms with Gasteiger partial charge in [-0.2, -0.15) is 5.26 Å². The first-order valence-electron chi connectivity index (χ1n) is 10.5. The third-order valence-electron chi connectivity index (χ3n) is 5.62. The van der Waals surface area contributed by atoms with Crippen LogP contribution in [0.1, 0.15) is 24.7 Å². The van der Waals surface area contributed by atoms with Gasteiger partial charge in [-0.1, -0.05) is 0 Å². The van der Waals surface area contributed by atoms with Crippen LogP contribution in [-0.2, 0) is 6.54 Å². The van der Waals surface area contributed by atoms with Gasteiger partial charge in [-0.15, -0.1) is 0 Å². The van der Waals surface area contributed by atoms with E-state index in [-0.39, 0.29) is 6.04 Å². The molecule has 0 amide bonds. The topological polar surface area (TPSA) is 121 Å². The van der Waals surface area contributed by atoms with E-state index in [2.05, 4.69) is 52.7 Å². The van der Waals surface area contributed by atoms with Crippen molar-refractivity contribution >= 4 is 22.8 Å². The van der Waals surface area contributed by atoms with Gasteiger partial charge in [0.2, 0.25) is 0 Å². The Morgan fingerprint density at radius 3 is 2.69 bits per heavy atom. The second-order valence-electron chi connectivity index (χ2n) is 7.69. The molecule has 4 aromatic rings. The third-order valence-corrected chi connectivity index (χ3v) is 5.62. The maximum Gasteiger partial charge on any atom is 0.165 e. The molecule has 4 aromatic heterocycles. The molecule has 1 atom stereocenters. The molecule has 1 N–H and O–H groups in total. The molecule has 1 aliphatic rings. The Morgan fingerprint density at radius 2 is 1.97 bits per heavy atom. The van der Waals surface area contributed by atoms with E-state index in [1.165, 1.54) is 0 Å². The van der Waals surface area contributed by atoms with Gasteiger partial charge < -0.3 is 14.8 Å². The van der Waals surface area contributed by atoms with Gasteiger partial charge >= 0.3 is 0 Å². The number of fused-ring (bicyclic) bond motifs is 1. The van der Waals surface area contributed by atoms with Gasteiger partial charge in [0.1, 0.15) is 29.9 Å². The molecule has 0 aromatic carbocycles. The number of imidazole rings is 1. The van der Waals surface area contributed by atoms with Crippen LogP contribution in [0.4, 0.5) is 11.6 Å².